The van der Waals surface area contributed by atoms with Crippen molar-refractivity contribution in [1.82, 2.24) is 9.97 Å². The number of benzene rings is 2. The van der Waals surface area contributed by atoms with Crippen molar-refractivity contribution in [2.75, 3.05) is 11.5 Å². The molecule has 0 amide bonds. The van der Waals surface area contributed by atoms with Crippen molar-refractivity contribution in [3.63, 3.8) is 0 Å². The summed E-state index contributed by atoms with van der Waals surface area (Å²) in [6, 6.07) is 19.8. The van der Waals surface area contributed by atoms with E-state index in [0.717, 1.165) is 61.1 Å². The van der Waals surface area contributed by atoms with E-state index in [-0.39, 0.29) is 83.4 Å². The predicted molar refractivity (Wildman–Crippen MR) is 170 cm³/mol. The molecule has 1 radical (unpaired) electrons. The van der Waals surface area contributed by atoms with Crippen LogP contribution in [0.15, 0.2) is 85.2 Å². The third kappa shape index (κ3) is 26.9. The summed E-state index contributed by atoms with van der Waals surface area (Å²) in [4.78, 5) is 47.3. The topological polar surface area (TPSA) is 546 Å². The zero-order valence-electron chi connectivity index (χ0n) is 26.5. The fourth-order valence-corrected chi connectivity index (χ4v) is 2.64. The van der Waals surface area contributed by atoms with Gasteiger partial charge in [0.1, 0.15) is 0 Å². The van der Waals surface area contributed by atoms with Gasteiger partial charge in [0.25, 0.3) is 0 Å². The van der Waals surface area contributed by atoms with Crippen LogP contribution < -0.4 is 43.4 Å². The van der Waals surface area contributed by atoms with Crippen LogP contribution in [0.2, 0.25) is 0 Å². The Bertz CT molecular complexity index is 1290. The maximum atomic E-state index is 10.2. The van der Waals surface area contributed by atoms with Crippen LogP contribution in [0.3, 0.4) is 0 Å². The number of carboxylic acid groups (broad SMARTS) is 4. The van der Waals surface area contributed by atoms with Gasteiger partial charge in [-0.3, -0.25) is 9.97 Å². The second-order valence-electron chi connectivity index (χ2n) is 8.00. The number of nitrogens with two attached hydrogens (primary N) is 2. The number of anilines is 2. The Hall–Kier alpha value is -5.66. The average Bonchev–Trinajstić information content (AvgIpc) is 2.99. The number of rotatable bonds is 6. The van der Waals surface area contributed by atoms with Crippen LogP contribution >= 0.6 is 0 Å². The Morgan fingerprint density at radius 2 is 0.725 bits per heavy atom. The van der Waals surface area contributed by atoms with E-state index in [4.69, 9.17) is 11.5 Å². The minimum atomic E-state index is -1.44. The minimum absolute atomic E-state index is 0. The third-order valence-electron chi connectivity index (χ3n) is 4.95. The Morgan fingerprint density at radius 1 is 0.471 bits per heavy atom. The van der Waals surface area contributed by atoms with Crippen molar-refractivity contribution in [3.05, 3.63) is 119 Å². The summed E-state index contributed by atoms with van der Waals surface area (Å²) >= 11 is 0. The van der Waals surface area contributed by atoms with Gasteiger partial charge in [-0.15, -0.1) is 0 Å². The van der Waals surface area contributed by atoms with Gasteiger partial charge in [-0.1, -0.05) is 24.3 Å². The SMILES string of the molecule is Nc1ccc(C[NH3+])cc1.Nc1ccc(C[NH3+])cc1.O.O.O.O.O.O.O.O.O=C([O-])c1ccc(C(=O)[O-])nc1.O=C([O-])c1ccc(C(=O)[O-])nc1.[Cu+2]. The summed E-state index contributed by atoms with van der Waals surface area (Å²) < 4.78 is 0. The van der Waals surface area contributed by atoms with Gasteiger partial charge in [-0.05, 0) is 48.5 Å². The van der Waals surface area contributed by atoms with E-state index >= 15 is 0 Å². The number of pyridine rings is 2. The normalized spacial score (nSPS) is 7.73. The molecule has 0 atom stereocenters. The van der Waals surface area contributed by atoms with Crippen molar-refractivity contribution in [2.45, 2.75) is 13.1 Å². The molecular weight excluding hydrogens is 740 g/mol. The van der Waals surface area contributed by atoms with Crippen LogP contribution in [0.25, 0.3) is 0 Å². The molecule has 293 valence electrons. The van der Waals surface area contributed by atoms with Crippen LogP contribution in [0.1, 0.15) is 52.8 Å². The average molecular weight is 784 g/mol. The van der Waals surface area contributed by atoms with Crippen LogP contribution in [0.4, 0.5) is 11.4 Å². The van der Waals surface area contributed by atoms with Crippen LogP contribution in [-0.4, -0.2) is 77.7 Å². The Balaban J connectivity index is -0.0000000626. The number of carbonyl (C=O) groups is 4. The number of nitrogens with zero attached hydrogens (tertiary/aromatic N) is 2. The molecule has 23 heteroatoms. The summed E-state index contributed by atoms with van der Waals surface area (Å²) in [6.07, 6.45) is 1.81. The van der Waals surface area contributed by atoms with Gasteiger partial charge in [0.05, 0.1) is 48.4 Å². The third-order valence-corrected chi connectivity index (χ3v) is 4.95. The molecule has 0 fully saturated rings. The van der Waals surface area contributed by atoms with Gasteiger partial charge in [-0.2, -0.15) is 0 Å². The van der Waals surface area contributed by atoms with Gasteiger partial charge >= 0.3 is 17.1 Å². The van der Waals surface area contributed by atoms with Crippen molar-refractivity contribution >= 4 is 35.3 Å². The van der Waals surface area contributed by atoms with Crippen molar-refractivity contribution in [1.29, 1.82) is 0 Å². The van der Waals surface area contributed by atoms with Gasteiger partial charge < -0.3 is 106 Å². The predicted octanol–water partition coefficient (Wildman–Crippen LogP) is -11.0. The molecule has 4 aromatic rings. The van der Waals surface area contributed by atoms with E-state index in [1.807, 2.05) is 48.5 Å². The van der Waals surface area contributed by atoms with Gasteiger partial charge in [0.2, 0.25) is 0 Å². The van der Waals surface area contributed by atoms with E-state index in [1.54, 1.807) is 0 Å². The number of hydrogen-bond donors (Lipinski definition) is 4. The van der Waals surface area contributed by atoms with E-state index in [0.29, 0.717) is 0 Å². The van der Waals surface area contributed by atoms with Crippen LogP contribution in [-0.2, 0) is 30.2 Å². The van der Waals surface area contributed by atoms with Crippen molar-refractivity contribution in [3.8, 4) is 0 Å². The standard InChI is InChI=1S/2C7H10N2.2C7H5NO4.Cu.8H2O/c2*8-5-6-1-3-7(9)4-2-6;2*9-6(10)4-1-2-5(7(11)12)8-3-4;;;;;;;;;/h2*1-4H,5,8-9H2;2*1-3H,(H,9,10)(H,11,12);;8*1H2/q;;;;+2;;;;;;;;/p-2. The first-order valence-electron chi connectivity index (χ1n) is 11.9. The quantitative estimate of drug-likeness (QED) is 0.105. The van der Waals surface area contributed by atoms with Gasteiger partial charge in [0.15, 0.2) is 0 Å². The molecule has 2 aromatic carbocycles. The van der Waals surface area contributed by atoms with Crippen LogP contribution in [0, 0.1) is 0 Å². The summed E-state index contributed by atoms with van der Waals surface area (Å²) in [5, 5.41) is 40.6. The molecule has 0 aliphatic rings. The molecule has 0 bridgehead atoms. The molecule has 0 unspecified atom stereocenters. The maximum Gasteiger partial charge on any atom is 2.00 e. The second kappa shape index (κ2) is 35.6. The molecule has 22 nitrogen and oxygen atoms in total. The summed E-state index contributed by atoms with van der Waals surface area (Å²) in [6.45, 7) is 1.67. The fraction of sp³-hybridized carbons (Fsp3) is 0.0714. The Morgan fingerprint density at radius 3 is 0.882 bits per heavy atom. The monoisotopic (exact) mass is 783 g/mol. The molecular formula is C28H44CuN6O16. The number of carboxylic acids is 4. The molecule has 0 spiro atoms. The zero-order chi connectivity index (χ0) is 31.7. The molecule has 2 aromatic heterocycles. The van der Waals surface area contributed by atoms with E-state index in [1.165, 1.54) is 11.1 Å². The van der Waals surface area contributed by atoms with Gasteiger partial charge in [-0.25, -0.2) is 0 Å². The molecule has 51 heavy (non-hydrogen) atoms. The van der Waals surface area contributed by atoms with Crippen molar-refractivity contribution < 1.29 is 112 Å². The molecule has 0 saturated carbocycles. The first-order valence-corrected chi connectivity index (χ1v) is 11.9. The zero-order valence-corrected chi connectivity index (χ0v) is 27.5. The molecule has 0 aliphatic carbocycles. The Kier molecular flexibility index (Phi) is 47.2. The molecule has 0 saturated heterocycles. The molecule has 4 rings (SSSR count). The number of aromatic nitrogens is 2. The first-order chi connectivity index (χ1) is 19.9. The van der Waals surface area contributed by atoms with E-state index in [2.05, 4.69) is 21.4 Å². The van der Waals surface area contributed by atoms with E-state index in [9.17, 15) is 39.6 Å². The summed E-state index contributed by atoms with van der Waals surface area (Å²) in [5.41, 5.74) is 21.5. The number of carbonyl (C=O) groups excluding carboxylic acids is 4. The number of aromatic carboxylic acids is 4. The number of nitrogen functional groups attached to an aromatic ring is 2. The van der Waals surface area contributed by atoms with Gasteiger partial charge in [0, 0.05) is 46.0 Å². The van der Waals surface area contributed by atoms with E-state index < -0.39 is 23.9 Å². The van der Waals surface area contributed by atoms with Crippen LogP contribution in [0.5, 0.6) is 0 Å². The molecule has 2 heterocycles. The number of quaternary nitrogens is 2. The maximum absolute atomic E-state index is 10.2. The van der Waals surface area contributed by atoms with Crippen molar-refractivity contribution in [2.24, 2.45) is 0 Å². The first kappa shape index (κ1) is 67.5. The molecule has 0 aliphatic heterocycles. The molecule has 26 N–H and O–H groups in total. The Labute approximate surface area is 300 Å². The number of hydrogen-bond acceptors (Lipinski definition) is 12. The largest absolute Gasteiger partial charge is 2.00 e. The smallest absolute Gasteiger partial charge is 0.545 e. The second-order valence-corrected chi connectivity index (χ2v) is 8.00. The summed E-state index contributed by atoms with van der Waals surface area (Å²) in [5.74, 6) is -5.68. The minimum Gasteiger partial charge on any atom is -0.545 e. The fourth-order valence-electron chi connectivity index (χ4n) is 2.64. The summed E-state index contributed by atoms with van der Waals surface area (Å²) in [7, 11) is 0.